The predicted octanol–water partition coefficient (Wildman–Crippen LogP) is 5.99. The van der Waals surface area contributed by atoms with E-state index in [2.05, 4.69) is 6.07 Å². The normalized spacial score (nSPS) is 10.9. The molecule has 0 aliphatic carbocycles. The molecular weight excluding hydrogens is 358 g/mol. The van der Waals surface area contributed by atoms with Gasteiger partial charge >= 0.3 is 0 Å². The van der Waals surface area contributed by atoms with Crippen molar-refractivity contribution in [2.75, 3.05) is 7.11 Å². The number of methoxy groups -OCH3 is 1. The number of benzene rings is 3. The largest absolute Gasteiger partial charge is 0.497 e. The Morgan fingerprint density at radius 1 is 1.00 bits per heavy atom. The molecule has 3 aromatic carbocycles. The summed E-state index contributed by atoms with van der Waals surface area (Å²) >= 11 is 6.20. The lowest BCUT2D eigenvalue weighted by molar-refractivity contribution is 0.305. The van der Waals surface area contributed by atoms with Crippen LogP contribution in [0.2, 0.25) is 5.02 Å². The molecular formula is C23H18ClNO2. The average Bonchev–Trinajstić information content (AvgIpc) is 2.72. The molecule has 0 spiro atoms. The Morgan fingerprint density at radius 2 is 1.70 bits per heavy atom. The SMILES string of the molecule is COc1ccc(/C(C#N)=C/c2ccccc2OCc2ccccc2Cl)cc1. The number of hydrogen-bond acceptors (Lipinski definition) is 3. The highest BCUT2D eigenvalue weighted by atomic mass is 35.5. The number of hydrogen-bond donors (Lipinski definition) is 0. The Bertz CT molecular complexity index is 988. The Hall–Kier alpha value is -3.22. The molecule has 0 saturated carbocycles. The maximum absolute atomic E-state index is 9.59. The van der Waals surface area contributed by atoms with Gasteiger partial charge in [0.05, 0.1) is 18.8 Å². The molecule has 0 amide bonds. The zero-order valence-corrected chi connectivity index (χ0v) is 15.6. The van der Waals surface area contributed by atoms with Gasteiger partial charge in [0.25, 0.3) is 0 Å². The van der Waals surface area contributed by atoms with E-state index in [1.165, 1.54) is 0 Å². The minimum absolute atomic E-state index is 0.356. The van der Waals surface area contributed by atoms with Gasteiger partial charge in [-0.25, -0.2) is 0 Å². The van der Waals surface area contributed by atoms with Gasteiger partial charge in [-0.05, 0) is 48.0 Å². The van der Waals surface area contributed by atoms with Crippen molar-refractivity contribution in [2.24, 2.45) is 0 Å². The van der Waals surface area contributed by atoms with Crippen molar-refractivity contribution < 1.29 is 9.47 Å². The second-order valence-electron chi connectivity index (χ2n) is 5.82. The predicted molar refractivity (Wildman–Crippen MR) is 109 cm³/mol. The second kappa shape index (κ2) is 8.93. The summed E-state index contributed by atoms with van der Waals surface area (Å²) in [7, 11) is 1.61. The molecule has 0 N–H and O–H groups in total. The van der Waals surface area contributed by atoms with Crippen LogP contribution in [0, 0.1) is 11.3 Å². The molecule has 0 aliphatic heterocycles. The van der Waals surface area contributed by atoms with Gasteiger partial charge in [-0.1, -0.05) is 48.0 Å². The maximum atomic E-state index is 9.59. The van der Waals surface area contributed by atoms with Crippen LogP contribution in [-0.2, 0) is 6.61 Å². The third kappa shape index (κ3) is 4.69. The molecule has 0 fully saturated rings. The number of halogens is 1. The first-order valence-electron chi connectivity index (χ1n) is 8.42. The molecule has 134 valence electrons. The van der Waals surface area contributed by atoms with Gasteiger partial charge in [0.1, 0.15) is 18.1 Å². The molecule has 0 radical (unpaired) electrons. The van der Waals surface area contributed by atoms with E-state index in [0.717, 1.165) is 22.4 Å². The summed E-state index contributed by atoms with van der Waals surface area (Å²) < 4.78 is 11.1. The van der Waals surface area contributed by atoms with Crippen molar-refractivity contribution in [3.8, 4) is 17.6 Å². The molecule has 4 heteroatoms. The van der Waals surface area contributed by atoms with E-state index in [1.807, 2.05) is 78.9 Å². The van der Waals surface area contributed by atoms with Crippen molar-refractivity contribution in [1.29, 1.82) is 5.26 Å². The van der Waals surface area contributed by atoms with Crippen LogP contribution in [0.3, 0.4) is 0 Å². The highest BCUT2D eigenvalue weighted by molar-refractivity contribution is 6.31. The summed E-state index contributed by atoms with van der Waals surface area (Å²) in [5.74, 6) is 1.44. The minimum atomic E-state index is 0.356. The van der Waals surface area contributed by atoms with Gasteiger partial charge in [-0.2, -0.15) is 5.26 Å². The lowest BCUT2D eigenvalue weighted by Crippen LogP contribution is -1.97. The third-order valence-electron chi connectivity index (χ3n) is 4.08. The first kappa shape index (κ1) is 18.6. The van der Waals surface area contributed by atoms with Crippen molar-refractivity contribution in [1.82, 2.24) is 0 Å². The van der Waals surface area contributed by atoms with Crippen molar-refractivity contribution in [3.05, 3.63) is 94.5 Å². The Morgan fingerprint density at radius 3 is 2.41 bits per heavy atom. The number of allylic oxidation sites excluding steroid dienone is 1. The zero-order valence-electron chi connectivity index (χ0n) is 14.9. The summed E-state index contributed by atoms with van der Waals surface area (Å²) in [6.45, 7) is 0.356. The molecule has 3 rings (SSSR count). The van der Waals surface area contributed by atoms with Crippen LogP contribution in [0.15, 0.2) is 72.8 Å². The molecule has 3 nitrogen and oxygen atoms in total. The number of para-hydroxylation sites is 1. The number of nitriles is 1. The molecule has 3 aromatic rings. The lowest BCUT2D eigenvalue weighted by Gasteiger charge is -2.11. The molecule has 0 aliphatic rings. The van der Waals surface area contributed by atoms with E-state index in [1.54, 1.807) is 7.11 Å². The molecule has 0 atom stereocenters. The standard InChI is InChI=1S/C23H18ClNO2/c1-26-21-12-10-17(11-13-21)20(15-25)14-18-6-3-5-9-23(18)27-16-19-7-2-4-8-22(19)24/h2-14H,16H2,1H3/b20-14+. The van der Waals surface area contributed by atoms with Crippen LogP contribution in [0.25, 0.3) is 11.6 Å². The highest BCUT2D eigenvalue weighted by Gasteiger charge is 2.07. The quantitative estimate of drug-likeness (QED) is 0.392. The average molecular weight is 376 g/mol. The van der Waals surface area contributed by atoms with Crippen LogP contribution in [0.1, 0.15) is 16.7 Å². The van der Waals surface area contributed by atoms with E-state index < -0.39 is 0 Å². The van der Waals surface area contributed by atoms with Crippen molar-refractivity contribution in [2.45, 2.75) is 6.61 Å². The van der Waals surface area contributed by atoms with E-state index in [4.69, 9.17) is 21.1 Å². The fourth-order valence-corrected chi connectivity index (χ4v) is 2.80. The van der Waals surface area contributed by atoms with Gasteiger partial charge in [-0.15, -0.1) is 0 Å². The maximum Gasteiger partial charge on any atom is 0.127 e. The van der Waals surface area contributed by atoms with Gasteiger partial charge in [0, 0.05) is 16.1 Å². The molecule has 27 heavy (non-hydrogen) atoms. The highest BCUT2D eigenvalue weighted by Crippen LogP contribution is 2.27. The lowest BCUT2D eigenvalue weighted by atomic mass is 10.0. The van der Waals surface area contributed by atoms with E-state index in [9.17, 15) is 5.26 Å². The zero-order chi connectivity index (χ0) is 19.1. The van der Waals surface area contributed by atoms with E-state index in [0.29, 0.717) is 23.0 Å². The second-order valence-corrected chi connectivity index (χ2v) is 6.22. The minimum Gasteiger partial charge on any atom is -0.497 e. The summed E-state index contributed by atoms with van der Waals surface area (Å²) in [5, 5.41) is 10.3. The summed E-state index contributed by atoms with van der Waals surface area (Å²) in [6.07, 6.45) is 1.82. The first-order chi connectivity index (χ1) is 13.2. The third-order valence-corrected chi connectivity index (χ3v) is 4.45. The van der Waals surface area contributed by atoms with E-state index in [-0.39, 0.29) is 0 Å². The Balaban J connectivity index is 1.86. The number of rotatable bonds is 6. The molecule has 0 aromatic heterocycles. The van der Waals surface area contributed by atoms with Gasteiger partial charge < -0.3 is 9.47 Å². The number of ether oxygens (including phenoxy) is 2. The van der Waals surface area contributed by atoms with Gasteiger partial charge in [-0.3, -0.25) is 0 Å². The molecule has 0 bridgehead atoms. The molecule has 0 saturated heterocycles. The smallest absolute Gasteiger partial charge is 0.127 e. The van der Waals surface area contributed by atoms with Crippen LogP contribution in [0.4, 0.5) is 0 Å². The topological polar surface area (TPSA) is 42.2 Å². The van der Waals surface area contributed by atoms with Gasteiger partial charge in [0.15, 0.2) is 0 Å². The van der Waals surface area contributed by atoms with E-state index >= 15 is 0 Å². The molecule has 0 heterocycles. The fraction of sp³-hybridized carbons (Fsp3) is 0.0870. The Labute approximate surface area is 164 Å². The van der Waals surface area contributed by atoms with Crippen molar-refractivity contribution in [3.63, 3.8) is 0 Å². The molecule has 0 unspecified atom stereocenters. The summed E-state index contributed by atoms with van der Waals surface area (Å²) in [6, 6.07) is 24.8. The fourth-order valence-electron chi connectivity index (χ4n) is 2.61. The van der Waals surface area contributed by atoms with Crippen LogP contribution < -0.4 is 9.47 Å². The Kier molecular flexibility index (Phi) is 6.14. The summed E-state index contributed by atoms with van der Waals surface area (Å²) in [4.78, 5) is 0. The monoisotopic (exact) mass is 375 g/mol. The number of nitrogens with zero attached hydrogens (tertiary/aromatic N) is 1. The van der Waals surface area contributed by atoms with Crippen LogP contribution in [0.5, 0.6) is 11.5 Å². The van der Waals surface area contributed by atoms with Crippen LogP contribution >= 0.6 is 11.6 Å². The summed E-state index contributed by atoms with van der Waals surface area (Å²) in [5.41, 5.74) is 3.11. The first-order valence-corrected chi connectivity index (χ1v) is 8.80. The van der Waals surface area contributed by atoms with Crippen LogP contribution in [-0.4, -0.2) is 7.11 Å². The van der Waals surface area contributed by atoms with Gasteiger partial charge in [0.2, 0.25) is 0 Å². The van der Waals surface area contributed by atoms with Crippen molar-refractivity contribution >= 4 is 23.3 Å².